The fourth-order valence-corrected chi connectivity index (χ4v) is 2.40. The minimum absolute atomic E-state index is 0.138. The molecule has 0 spiro atoms. The van der Waals surface area contributed by atoms with Gasteiger partial charge in [0.15, 0.2) is 0 Å². The van der Waals surface area contributed by atoms with Crippen LogP contribution in [0.1, 0.15) is 12.7 Å². The Labute approximate surface area is 131 Å². The monoisotopic (exact) mass is 378 g/mol. The van der Waals surface area contributed by atoms with Crippen molar-refractivity contribution < 1.29 is 13.2 Å². The molecule has 0 atom stereocenters. The van der Waals surface area contributed by atoms with Gasteiger partial charge in [-0.25, -0.2) is 15.0 Å². The summed E-state index contributed by atoms with van der Waals surface area (Å²) in [7, 11) is 0. The summed E-state index contributed by atoms with van der Waals surface area (Å²) in [6.45, 7) is 2.24. The average molecular weight is 379 g/mol. The standard InChI is InChI=1S/C12H10BrF3N4S/c1-2-17-8-5-10(20-11(19-8)12(14,15)16)21-9-4-3-7(13)6-18-9/h3-6H,2H2,1H3,(H,17,19,20). The van der Waals surface area contributed by atoms with Crippen molar-refractivity contribution in [3.8, 4) is 0 Å². The van der Waals surface area contributed by atoms with Crippen molar-refractivity contribution in [2.45, 2.75) is 23.2 Å². The first-order valence-electron chi connectivity index (χ1n) is 5.88. The Hall–Kier alpha value is -1.35. The lowest BCUT2D eigenvalue weighted by molar-refractivity contribution is -0.145. The summed E-state index contributed by atoms with van der Waals surface area (Å²) in [5.74, 6) is -1.03. The quantitative estimate of drug-likeness (QED) is 0.806. The second-order valence-corrected chi connectivity index (χ2v) is 5.82. The molecule has 0 aliphatic heterocycles. The lowest BCUT2D eigenvalue weighted by Crippen LogP contribution is -2.13. The highest BCUT2D eigenvalue weighted by molar-refractivity contribution is 9.10. The lowest BCUT2D eigenvalue weighted by Gasteiger charge is -2.10. The molecule has 0 saturated carbocycles. The van der Waals surface area contributed by atoms with Gasteiger partial charge in [0.25, 0.3) is 0 Å². The number of alkyl halides is 3. The van der Waals surface area contributed by atoms with Gasteiger partial charge in [-0.3, -0.25) is 0 Å². The second-order valence-electron chi connectivity index (χ2n) is 3.86. The van der Waals surface area contributed by atoms with Crippen molar-refractivity contribution in [3.63, 3.8) is 0 Å². The third kappa shape index (κ3) is 4.57. The van der Waals surface area contributed by atoms with Crippen molar-refractivity contribution in [1.82, 2.24) is 15.0 Å². The van der Waals surface area contributed by atoms with Crippen LogP contribution in [0.25, 0.3) is 0 Å². The molecular weight excluding hydrogens is 369 g/mol. The van der Waals surface area contributed by atoms with E-state index in [-0.39, 0.29) is 10.8 Å². The first-order chi connectivity index (χ1) is 9.88. The van der Waals surface area contributed by atoms with Gasteiger partial charge < -0.3 is 5.32 Å². The van der Waals surface area contributed by atoms with Crippen molar-refractivity contribution >= 4 is 33.5 Å². The van der Waals surface area contributed by atoms with Crippen molar-refractivity contribution in [1.29, 1.82) is 0 Å². The third-order valence-corrected chi connectivity index (χ3v) is 3.56. The molecular formula is C12H10BrF3N4S. The molecule has 0 saturated heterocycles. The van der Waals surface area contributed by atoms with E-state index in [2.05, 4.69) is 36.2 Å². The van der Waals surface area contributed by atoms with Gasteiger partial charge in [0.05, 0.1) is 0 Å². The minimum atomic E-state index is -4.59. The van der Waals surface area contributed by atoms with E-state index < -0.39 is 12.0 Å². The Morgan fingerprint density at radius 1 is 1.24 bits per heavy atom. The molecule has 2 rings (SSSR count). The molecule has 0 unspecified atom stereocenters. The molecule has 0 aliphatic rings. The Bertz CT molecular complexity index is 619. The topological polar surface area (TPSA) is 50.7 Å². The van der Waals surface area contributed by atoms with Gasteiger partial charge in [-0.05, 0) is 46.7 Å². The van der Waals surface area contributed by atoms with Gasteiger partial charge in [0.1, 0.15) is 15.9 Å². The predicted molar refractivity (Wildman–Crippen MR) is 77.3 cm³/mol. The minimum Gasteiger partial charge on any atom is -0.370 e. The third-order valence-electron chi connectivity index (χ3n) is 2.22. The Morgan fingerprint density at radius 2 is 2.00 bits per heavy atom. The SMILES string of the molecule is CCNc1cc(Sc2ccc(Br)cn2)nc(C(F)(F)F)n1. The molecule has 2 aromatic heterocycles. The van der Waals surface area contributed by atoms with E-state index in [0.29, 0.717) is 11.6 Å². The molecule has 1 N–H and O–H groups in total. The van der Waals surface area contributed by atoms with E-state index >= 15 is 0 Å². The van der Waals surface area contributed by atoms with Crippen LogP contribution in [0.4, 0.5) is 19.0 Å². The van der Waals surface area contributed by atoms with Gasteiger partial charge in [-0.2, -0.15) is 13.2 Å². The van der Waals surface area contributed by atoms with Gasteiger partial charge in [0, 0.05) is 23.3 Å². The first kappa shape index (κ1) is 16.0. The molecule has 112 valence electrons. The fourth-order valence-electron chi connectivity index (χ4n) is 1.41. The van der Waals surface area contributed by atoms with Crippen LogP contribution in [-0.2, 0) is 6.18 Å². The number of anilines is 1. The zero-order chi connectivity index (χ0) is 15.5. The Kier molecular flexibility index (Phi) is 5.04. The van der Waals surface area contributed by atoms with E-state index in [0.717, 1.165) is 16.2 Å². The number of nitrogens with one attached hydrogen (secondary N) is 1. The molecule has 0 bridgehead atoms. The van der Waals surface area contributed by atoms with Crippen molar-refractivity contribution in [3.05, 3.63) is 34.7 Å². The second kappa shape index (κ2) is 6.61. The maximum Gasteiger partial charge on any atom is 0.451 e. The van der Waals surface area contributed by atoms with Crippen molar-refractivity contribution in [2.75, 3.05) is 11.9 Å². The summed E-state index contributed by atoms with van der Waals surface area (Å²) >= 11 is 4.29. The lowest BCUT2D eigenvalue weighted by atomic mass is 10.5. The highest BCUT2D eigenvalue weighted by atomic mass is 79.9. The van der Waals surface area contributed by atoms with Crippen LogP contribution in [0.5, 0.6) is 0 Å². The van der Waals surface area contributed by atoms with E-state index in [4.69, 9.17) is 0 Å². The molecule has 21 heavy (non-hydrogen) atoms. The Morgan fingerprint density at radius 3 is 2.57 bits per heavy atom. The van der Waals surface area contributed by atoms with Gasteiger partial charge in [-0.1, -0.05) is 0 Å². The summed E-state index contributed by atoms with van der Waals surface area (Å²) in [4.78, 5) is 11.1. The average Bonchev–Trinajstić information content (AvgIpc) is 2.41. The number of nitrogens with zero attached hydrogens (tertiary/aromatic N) is 3. The van der Waals surface area contributed by atoms with Crippen LogP contribution in [0, 0.1) is 0 Å². The van der Waals surface area contributed by atoms with E-state index in [1.165, 1.54) is 6.07 Å². The summed E-state index contributed by atoms with van der Waals surface area (Å²) in [5.41, 5.74) is 0. The van der Waals surface area contributed by atoms with E-state index in [1.54, 1.807) is 25.3 Å². The summed E-state index contributed by atoms with van der Waals surface area (Å²) in [6, 6.07) is 4.91. The highest BCUT2D eigenvalue weighted by Gasteiger charge is 2.35. The smallest absolute Gasteiger partial charge is 0.370 e. The highest BCUT2D eigenvalue weighted by Crippen LogP contribution is 2.31. The summed E-state index contributed by atoms with van der Waals surface area (Å²) in [6.07, 6.45) is -3.02. The van der Waals surface area contributed by atoms with Crippen LogP contribution < -0.4 is 5.32 Å². The number of aromatic nitrogens is 3. The van der Waals surface area contributed by atoms with Gasteiger partial charge in [-0.15, -0.1) is 0 Å². The van der Waals surface area contributed by atoms with Crippen LogP contribution in [0.15, 0.2) is 38.9 Å². The molecule has 0 aromatic carbocycles. The Balaban J connectivity index is 2.33. The van der Waals surface area contributed by atoms with Crippen LogP contribution in [0.2, 0.25) is 0 Å². The zero-order valence-electron chi connectivity index (χ0n) is 10.8. The maximum atomic E-state index is 12.8. The van der Waals surface area contributed by atoms with Gasteiger partial charge in [0.2, 0.25) is 5.82 Å². The number of hydrogen-bond donors (Lipinski definition) is 1. The number of hydrogen-bond acceptors (Lipinski definition) is 5. The van der Waals surface area contributed by atoms with Crippen molar-refractivity contribution in [2.24, 2.45) is 0 Å². The molecule has 0 amide bonds. The zero-order valence-corrected chi connectivity index (χ0v) is 13.2. The molecule has 2 aromatic rings. The summed E-state index contributed by atoms with van der Waals surface area (Å²) in [5, 5.41) is 3.49. The molecule has 0 radical (unpaired) electrons. The van der Waals surface area contributed by atoms with Crippen LogP contribution in [0.3, 0.4) is 0 Å². The number of pyridine rings is 1. The predicted octanol–water partition coefficient (Wildman–Crippen LogP) is 4.24. The van der Waals surface area contributed by atoms with Crippen LogP contribution >= 0.6 is 27.7 Å². The molecule has 2 heterocycles. The molecule has 9 heteroatoms. The largest absolute Gasteiger partial charge is 0.451 e. The summed E-state index contributed by atoms with van der Waals surface area (Å²) < 4.78 is 39.2. The maximum absolute atomic E-state index is 12.8. The fraction of sp³-hybridized carbons (Fsp3) is 0.250. The molecule has 0 aliphatic carbocycles. The van der Waals surface area contributed by atoms with Crippen LogP contribution in [-0.4, -0.2) is 21.5 Å². The van der Waals surface area contributed by atoms with Gasteiger partial charge >= 0.3 is 6.18 Å². The van der Waals surface area contributed by atoms with E-state index in [9.17, 15) is 13.2 Å². The number of halogens is 4. The first-order valence-corrected chi connectivity index (χ1v) is 7.49. The van der Waals surface area contributed by atoms with E-state index in [1.807, 2.05) is 0 Å². The normalized spacial score (nSPS) is 11.5. The molecule has 4 nitrogen and oxygen atoms in total. The number of rotatable bonds is 4. The molecule has 0 fully saturated rings.